The van der Waals surface area contributed by atoms with E-state index in [1.54, 1.807) is 12.1 Å². The van der Waals surface area contributed by atoms with Crippen molar-refractivity contribution in [2.24, 2.45) is 0 Å². The van der Waals surface area contributed by atoms with Gasteiger partial charge in [0.2, 0.25) is 0 Å². The average Bonchev–Trinajstić information content (AvgIpc) is 2.69. The van der Waals surface area contributed by atoms with Crippen molar-refractivity contribution in [3.8, 4) is 11.5 Å². The van der Waals surface area contributed by atoms with Crippen LogP contribution in [0.5, 0.6) is 11.5 Å². The number of phenolic OH excluding ortho intramolecular Hbond substituents is 1. The fourth-order valence-corrected chi connectivity index (χ4v) is 3.55. The lowest BCUT2D eigenvalue weighted by Gasteiger charge is -2.12. The summed E-state index contributed by atoms with van der Waals surface area (Å²) in [4.78, 5) is 13.4. The predicted octanol–water partition coefficient (Wildman–Crippen LogP) is 5.64. The minimum absolute atomic E-state index is 0.207. The number of hydrogen-bond acceptors (Lipinski definition) is 4. The molecule has 0 radical (unpaired) electrons. The lowest BCUT2D eigenvalue weighted by atomic mass is 10.1. The topological polar surface area (TPSA) is 46.5 Å². The number of rotatable bonds is 3. The van der Waals surface area contributed by atoms with Crippen LogP contribution in [0.2, 0.25) is 0 Å². The van der Waals surface area contributed by atoms with Gasteiger partial charge in [-0.05, 0) is 35.2 Å². The molecule has 0 spiro atoms. The molecule has 4 aromatic carbocycles. The van der Waals surface area contributed by atoms with Crippen LogP contribution in [0.1, 0.15) is 10.4 Å². The van der Waals surface area contributed by atoms with Gasteiger partial charge in [0, 0.05) is 10.8 Å². The highest BCUT2D eigenvalue weighted by molar-refractivity contribution is 7.98. The smallest absolute Gasteiger partial charge is 0.343 e. The third kappa shape index (κ3) is 2.89. The summed E-state index contributed by atoms with van der Waals surface area (Å²) in [6.45, 7) is 0. The molecule has 4 heteroatoms. The molecular formula is C22H16O3S. The number of carbonyl (C=O) groups is 1. The second-order valence-electron chi connectivity index (χ2n) is 5.92. The first-order chi connectivity index (χ1) is 12.7. The maximum Gasteiger partial charge on any atom is 0.343 e. The Balaban J connectivity index is 1.76. The first-order valence-corrected chi connectivity index (χ1v) is 9.39. The Morgan fingerprint density at radius 1 is 0.885 bits per heavy atom. The first kappa shape index (κ1) is 16.5. The van der Waals surface area contributed by atoms with Crippen molar-refractivity contribution in [3.05, 3.63) is 78.4 Å². The van der Waals surface area contributed by atoms with Gasteiger partial charge in [-0.1, -0.05) is 54.6 Å². The summed E-state index contributed by atoms with van der Waals surface area (Å²) in [5, 5.41) is 13.8. The quantitative estimate of drug-likeness (QED) is 0.292. The first-order valence-electron chi connectivity index (χ1n) is 8.17. The Hall–Kier alpha value is -2.98. The number of ether oxygens (including phenoxy) is 1. The molecule has 26 heavy (non-hydrogen) atoms. The van der Waals surface area contributed by atoms with Crippen molar-refractivity contribution in [3.63, 3.8) is 0 Å². The fraction of sp³-hybridized carbons (Fsp3) is 0.0455. The summed E-state index contributed by atoms with van der Waals surface area (Å²) in [6, 6.07) is 22.4. The zero-order chi connectivity index (χ0) is 18.1. The van der Waals surface area contributed by atoms with E-state index in [0.29, 0.717) is 27.0 Å². The molecule has 0 unspecified atom stereocenters. The maximum absolute atomic E-state index is 12.7. The average molecular weight is 360 g/mol. The molecule has 128 valence electrons. The van der Waals surface area contributed by atoms with Gasteiger partial charge in [0.05, 0.1) is 10.5 Å². The number of thioether (sulfide) groups is 1. The maximum atomic E-state index is 12.7. The Labute approximate surface area is 155 Å². The van der Waals surface area contributed by atoms with Gasteiger partial charge in [-0.15, -0.1) is 11.8 Å². The summed E-state index contributed by atoms with van der Waals surface area (Å²) in [6.07, 6.45) is 1.87. The Kier molecular flexibility index (Phi) is 4.27. The van der Waals surface area contributed by atoms with Crippen molar-refractivity contribution in [2.75, 3.05) is 6.26 Å². The van der Waals surface area contributed by atoms with Gasteiger partial charge < -0.3 is 9.84 Å². The third-order valence-corrected chi connectivity index (χ3v) is 5.10. The third-order valence-electron chi connectivity index (χ3n) is 4.35. The highest BCUT2D eigenvalue weighted by Gasteiger charge is 2.16. The highest BCUT2D eigenvalue weighted by atomic mass is 32.2. The van der Waals surface area contributed by atoms with Crippen molar-refractivity contribution in [1.29, 1.82) is 0 Å². The predicted molar refractivity (Wildman–Crippen MR) is 106 cm³/mol. The van der Waals surface area contributed by atoms with Gasteiger partial charge in [0.1, 0.15) is 11.5 Å². The lowest BCUT2D eigenvalue weighted by Crippen LogP contribution is -2.08. The van der Waals surface area contributed by atoms with E-state index < -0.39 is 5.97 Å². The molecule has 0 aliphatic rings. The molecule has 0 bridgehead atoms. The Morgan fingerprint density at radius 2 is 1.58 bits per heavy atom. The highest BCUT2D eigenvalue weighted by Crippen LogP contribution is 2.40. The standard InChI is InChI=1S/C22H16O3S/c1-26-20-13-19(17-8-4-5-9-18(17)21(20)23)25-22(24)16-11-10-14-6-2-3-7-15(14)12-16/h2-13,23H,1H3. The summed E-state index contributed by atoms with van der Waals surface area (Å²) in [5.41, 5.74) is 0.492. The van der Waals surface area contributed by atoms with Gasteiger partial charge in [-0.2, -0.15) is 0 Å². The molecule has 4 rings (SSSR count). The number of hydrogen-bond donors (Lipinski definition) is 1. The van der Waals surface area contributed by atoms with Crippen LogP contribution in [0.25, 0.3) is 21.5 Å². The molecule has 3 nitrogen and oxygen atoms in total. The molecule has 1 N–H and O–H groups in total. The van der Waals surface area contributed by atoms with E-state index in [0.717, 1.165) is 10.8 Å². The molecule has 0 aliphatic heterocycles. The number of phenols is 1. The molecule has 0 fully saturated rings. The zero-order valence-corrected chi connectivity index (χ0v) is 14.9. The molecule has 0 atom stereocenters. The van der Waals surface area contributed by atoms with Gasteiger partial charge in [0.15, 0.2) is 0 Å². The van der Waals surface area contributed by atoms with E-state index in [1.165, 1.54) is 11.8 Å². The van der Waals surface area contributed by atoms with Crippen LogP contribution in [-0.2, 0) is 0 Å². The van der Waals surface area contributed by atoms with Crippen LogP contribution in [-0.4, -0.2) is 17.3 Å². The molecule has 0 aromatic heterocycles. The molecule has 0 saturated heterocycles. The van der Waals surface area contributed by atoms with E-state index >= 15 is 0 Å². The van der Waals surface area contributed by atoms with E-state index in [2.05, 4.69) is 0 Å². The van der Waals surface area contributed by atoms with Crippen molar-refractivity contribution < 1.29 is 14.6 Å². The van der Waals surface area contributed by atoms with Crippen molar-refractivity contribution in [1.82, 2.24) is 0 Å². The van der Waals surface area contributed by atoms with Crippen molar-refractivity contribution in [2.45, 2.75) is 4.90 Å². The van der Waals surface area contributed by atoms with Crippen LogP contribution >= 0.6 is 11.8 Å². The minimum atomic E-state index is -0.418. The van der Waals surface area contributed by atoms with Crippen LogP contribution < -0.4 is 4.74 Å². The molecule has 0 aliphatic carbocycles. The van der Waals surface area contributed by atoms with Gasteiger partial charge >= 0.3 is 5.97 Å². The van der Waals surface area contributed by atoms with E-state index in [1.807, 2.05) is 66.9 Å². The van der Waals surface area contributed by atoms with Crippen LogP contribution in [0.15, 0.2) is 77.7 Å². The van der Waals surface area contributed by atoms with Gasteiger partial charge in [-0.3, -0.25) is 0 Å². The van der Waals surface area contributed by atoms with Crippen LogP contribution in [0.3, 0.4) is 0 Å². The van der Waals surface area contributed by atoms with Crippen LogP contribution in [0.4, 0.5) is 0 Å². The van der Waals surface area contributed by atoms with Crippen LogP contribution in [0, 0.1) is 0 Å². The van der Waals surface area contributed by atoms with E-state index in [-0.39, 0.29) is 5.75 Å². The Bertz CT molecular complexity index is 1130. The van der Waals surface area contributed by atoms with Crippen molar-refractivity contribution >= 4 is 39.3 Å². The summed E-state index contributed by atoms with van der Waals surface area (Å²) < 4.78 is 5.70. The molecule has 0 amide bonds. The number of esters is 1. The molecular weight excluding hydrogens is 344 g/mol. The normalized spacial score (nSPS) is 11.0. The Morgan fingerprint density at radius 3 is 2.35 bits per heavy atom. The SMILES string of the molecule is CSc1cc(OC(=O)c2ccc3ccccc3c2)c2ccccc2c1O. The fourth-order valence-electron chi connectivity index (χ4n) is 3.02. The summed E-state index contributed by atoms with van der Waals surface area (Å²) in [5.74, 6) is 0.234. The largest absolute Gasteiger partial charge is 0.506 e. The lowest BCUT2D eigenvalue weighted by molar-refractivity contribution is 0.0737. The van der Waals surface area contributed by atoms with E-state index in [4.69, 9.17) is 4.74 Å². The van der Waals surface area contributed by atoms with Gasteiger partial charge in [-0.25, -0.2) is 4.79 Å². The monoisotopic (exact) mass is 360 g/mol. The molecule has 0 heterocycles. The summed E-state index contributed by atoms with van der Waals surface area (Å²) >= 11 is 1.41. The number of fused-ring (bicyclic) bond motifs is 2. The minimum Gasteiger partial charge on any atom is -0.506 e. The zero-order valence-electron chi connectivity index (χ0n) is 14.1. The molecule has 4 aromatic rings. The number of carbonyl (C=O) groups excluding carboxylic acids is 1. The number of benzene rings is 4. The second kappa shape index (κ2) is 6.73. The summed E-state index contributed by atoms with van der Waals surface area (Å²) in [7, 11) is 0. The van der Waals surface area contributed by atoms with E-state index in [9.17, 15) is 9.90 Å². The molecule has 0 saturated carbocycles. The number of aromatic hydroxyl groups is 1. The van der Waals surface area contributed by atoms with Gasteiger partial charge in [0.25, 0.3) is 0 Å². The second-order valence-corrected chi connectivity index (χ2v) is 6.77.